The zero-order valence-corrected chi connectivity index (χ0v) is 20.3. The quantitative estimate of drug-likeness (QED) is 0.652. The first kappa shape index (κ1) is 22.5. The molecule has 0 radical (unpaired) electrons. The summed E-state index contributed by atoms with van der Waals surface area (Å²) in [6, 6.07) is 15.6. The van der Waals surface area contributed by atoms with E-state index in [0.717, 1.165) is 35.1 Å². The van der Waals surface area contributed by atoms with Crippen molar-refractivity contribution in [2.24, 2.45) is 17.8 Å². The van der Waals surface area contributed by atoms with Crippen LogP contribution >= 0.6 is 0 Å². The second-order valence-corrected chi connectivity index (χ2v) is 10.8. The van der Waals surface area contributed by atoms with Crippen LogP contribution in [-0.2, 0) is 19.1 Å². The van der Waals surface area contributed by atoms with Crippen LogP contribution in [0.15, 0.2) is 48.5 Å². The first-order chi connectivity index (χ1) is 17.0. The van der Waals surface area contributed by atoms with Gasteiger partial charge in [0, 0.05) is 25.0 Å². The zero-order chi connectivity index (χ0) is 24.3. The summed E-state index contributed by atoms with van der Waals surface area (Å²) in [6.07, 6.45) is 2.36. The van der Waals surface area contributed by atoms with Crippen molar-refractivity contribution in [1.82, 2.24) is 10.2 Å². The third-order valence-corrected chi connectivity index (χ3v) is 8.32. The molecule has 182 valence electrons. The van der Waals surface area contributed by atoms with Crippen LogP contribution in [0.3, 0.4) is 0 Å². The molecule has 35 heavy (non-hydrogen) atoms. The van der Waals surface area contributed by atoms with Gasteiger partial charge in [0.25, 0.3) is 0 Å². The van der Waals surface area contributed by atoms with Crippen LogP contribution in [0, 0.1) is 17.8 Å². The molecule has 3 amide bonds. The number of hydrogen-bond donors (Lipinski definition) is 1. The minimum absolute atomic E-state index is 0.00561. The van der Waals surface area contributed by atoms with E-state index in [0.29, 0.717) is 19.6 Å². The summed E-state index contributed by atoms with van der Waals surface area (Å²) < 4.78 is 5.65. The van der Waals surface area contributed by atoms with Gasteiger partial charge in [-0.3, -0.25) is 19.3 Å². The van der Waals surface area contributed by atoms with Crippen LogP contribution in [0.5, 0.6) is 0 Å². The van der Waals surface area contributed by atoms with E-state index in [9.17, 15) is 14.4 Å². The van der Waals surface area contributed by atoms with Gasteiger partial charge in [-0.05, 0) is 47.4 Å². The molecule has 7 rings (SSSR count). The summed E-state index contributed by atoms with van der Waals surface area (Å²) >= 11 is 0. The first-order valence-electron chi connectivity index (χ1n) is 12.9. The summed E-state index contributed by atoms with van der Waals surface area (Å²) in [7, 11) is 0. The van der Waals surface area contributed by atoms with Crippen molar-refractivity contribution < 1.29 is 19.1 Å². The topological polar surface area (TPSA) is 75.7 Å². The molecule has 6 heteroatoms. The van der Waals surface area contributed by atoms with Gasteiger partial charge in [0.05, 0.1) is 17.9 Å². The molecule has 2 aromatic carbocycles. The fourth-order valence-electron chi connectivity index (χ4n) is 6.92. The number of carbonyl (C=O) groups excluding carboxylic acids is 3. The lowest BCUT2D eigenvalue weighted by Gasteiger charge is -2.45. The predicted octanol–water partition coefficient (Wildman–Crippen LogP) is 3.59. The van der Waals surface area contributed by atoms with Crippen molar-refractivity contribution in [3.05, 3.63) is 70.8 Å². The van der Waals surface area contributed by atoms with Crippen LogP contribution in [0.2, 0.25) is 0 Å². The SMILES string of the molecule is CC(C)C[C@H](C(=O)NC[C@H]1CCCO1)N1C(=O)[C@@H]2C3c4ccccc4C(c4ccccc43)[C@@H]2C1=O. The Labute approximate surface area is 206 Å². The molecule has 2 aromatic rings. The van der Waals surface area contributed by atoms with Crippen LogP contribution in [-0.4, -0.2) is 47.9 Å². The maximum Gasteiger partial charge on any atom is 0.243 e. The van der Waals surface area contributed by atoms with Gasteiger partial charge < -0.3 is 10.1 Å². The maximum atomic E-state index is 14.0. The molecule has 1 N–H and O–H groups in total. The number of hydrogen-bond acceptors (Lipinski definition) is 4. The van der Waals surface area contributed by atoms with Gasteiger partial charge in [-0.2, -0.15) is 0 Å². The molecule has 2 fully saturated rings. The molecule has 2 heterocycles. The number of ether oxygens (including phenoxy) is 1. The van der Waals surface area contributed by atoms with Gasteiger partial charge in [-0.15, -0.1) is 0 Å². The normalized spacial score (nSPS) is 29.2. The third kappa shape index (κ3) is 3.45. The van der Waals surface area contributed by atoms with Crippen LogP contribution < -0.4 is 5.32 Å². The van der Waals surface area contributed by atoms with E-state index >= 15 is 0 Å². The number of carbonyl (C=O) groups is 3. The van der Waals surface area contributed by atoms with E-state index in [2.05, 4.69) is 29.6 Å². The molecule has 2 saturated heterocycles. The van der Waals surface area contributed by atoms with E-state index in [1.807, 2.05) is 38.1 Å². The Kier molecular flexibility index (Phi) is 5.52. The molecule has 5 aliphatic rings. The molecule has 6 nitrogen and oxygen atoms in total. The molecular formula is C29H32N2O4. The summed E-state index contributed by atoms with van der Waals surface area (Å²) in [4.78, 5) is 42.8. The average Bonchev–Trinajstić information content (AvgIpc) is 3.48. The second-order valence-electron chi connectivity index (χ2n) is 10.8. The Bertz CT molecular complexity index is 1070. The zero-order valence-electron chi connectivity index (χ0n) is 20.3. The van der Waals surface area contributed by atoms with Crippen LogP contribution in [0.4, 0.5) is 0 Å². The lowest BCUT2D eigenvalue weighted by atomic mass is 9.55. The van der Waals surface area contributed by atoms with Crippen molar-refractivity contribution >= 4 is 17.7 Å². The second kappa shape index (κ2) is 8.59. The minimum Gasteiger partial charge on any atom is -0.376 e. The molecule has 3 aliphatic carbocycles. The van der Waals surface area contributed by atoms with Gasteiger partial charge in [-0.25, -0.2) is 0 Å². The van der Waals surface area contributed by atoms with Gasteiger partial charge in [0.1, 0.15) is 6.04 Å². The summed E-state index contributed by atoms with van der Waals surface area (Å²) in [5.74, 6) is -1.73. The standard InChI is InChI=1S/C29H32N2O4/c1-16(2)14-22(27(32)30-15-17-8-7-13-35-17)31-28(33)25-23-18-9-3-4-10-19(18)24(26(25)29(31)34)21-12-6-5-11-20(21)23/h3-6,9-12,16-17,22-26H,7-8,13-15H2,1-2H3,(H,30,32)/t17-,22-,23?,24?,25-,26+/m1/s1. The smallest absolute Gasteiger partial charge is 0.243 e. The Morgan fingerprint density at radius 1 is 0.943 bits per heavy atom. The molecule has 0 saturated carbocycles. The molecule has 0 spiro atoms. The Morgan fingerprint density at radius 3 is 1.89 bits per heavy atom. The van der Waals surface area contributed by atoms with E-state index in [-0.39, 0.29) is 41.6 Å². The molecule has 0 aromatic heterocycles. The first-order valence-corrected chi connectivity index (χ1v) is 12.9. The van der Waals surface area contributed by atoms with Crippen molar-refractivity contribution in [1.29, 1.82) is 0 Å². The van der Waals surface area contributed by atoms with Gasteiger partial charge in [0.15, 0.2) is 0 Å². The Hall–Kier alpha value is -2.99. The number of imide groups is 1. The van der Waals surface area contributed by atoms with Crippen molar-refractivity contribution in [3.63, 3.8) is 0 Å². The minimum atomic E-state index is -0.798. The van der Waals surface area contributed by atoms with Crippen molar-refractivity contribution in [3.8, 4) is 0 Å². The van der Waals surface area contributed by atoms with E-state index in [1.165, 1.54) is 4.90 Å². The number of likely N-dealkylation sites (tertiary alicyclic amines) is 1. The highest BCUT2D eigenvalue weighted by molar-refractivity contribution is 6.10. The summed E-state index contributed by atoms with van der Waals surface area (Å²) in [5.41, 5.74) is 4.57. The highest BCUT2D eigenvalue weighted by atomic mass is 16.5. The molecule has 0 unspecified atom stereocenters. The maximum absolute atomic E-state index is 14.0. The number of rotatable bonds is 6. The molecule has 4 atom stereocenters. The highest BCUT2D eigenvalue weighted by Crippen LogP contribution is 2.61. The number of benzene rings is 2. The van der Waals surface area contributed by atoms with Crippen LogP contribution in [0.25, 0.3) is 0 Å². The van der Waals surface area contributed by atoms with Crippen molar-refractivity contribution in [2.75, 3.05) is 13.2 Å². The monoisotopic (exact) mass is 472 g/mol. The molecule has 2 aliphatic heterocycles. The number of nitrogens with zero attached hydrogens (tertiary/aromatic N) is 1. The molecule has 2 bridgehead atoms. The third-order valence-electron chi connectivity index (χ3n) is 8.32. The van der Waals surface area contributed by atoms with Crippen molar-refractivity contribution in [2.45, 2.75) is 57.1 Å². The van der Waals surface area contributed by atoms with Gasteiger partial charge in [0.2, 0.25) is 17.7 Å². The summed E-state index contributed by atoms with van der Waals surface area (Å²) in [5, 5.41) is 2.99. The van der Waals surface area contributed by atoms with E-state index < -0.39 is 17.9 Å². The fourth-order valence-corrected chi connectivity index (χ4v) is 6.92. The van der Waals surface area contributed by atoms with E-state index in [4.69, 9.17) is 4.74 Å². The largest absolute Gasteiger partial charge is 0.376 e. The fraction of sp³-hybridized carbons (Fsp3) is 0.483. The van der Waals surface area contributed by atoms with Gasteiger partial charge in [-0.1, -0.05) is 62.4 Å². The number of nitrogens with one attached hydrogen (secondary N) is 1. The lowest BCUT2D eigenvalue weighted by molar-refractivity contribution is -0.148. The van der Waals surface area contributed by atoms with Gasteiger partial charge >= 0.3 is 0 Å². The molecular weight excluding hydrogens is 440 g/mol. The Morgan fingerprint density at radius 2 is 1.46 bits per heavy atom. The van der Waals surface area contributed by atoms with Crippen LogP contribution in [0.1, 0.15) is 67.2 Å². The van der Waals surface area contributed by atoms with E-state index in [1.54, 1.807) is 0 Å². The average molecular weight is 473 g/mol. The lowest BCUT2D eigenvalue weighted by Crippen LogP contribution is -2.51. The number of amides is 3. The Balaban J connectivity index is 1.36. The predicted molar refractivity (Wildman–Crippen MR) is 131 cm³/mol. The summed E-state index contributed by atoms with van der Waals surface area (Å²) in [6.45, 7) is 5.17. The highest BCUT2D eigenvalue weighted by Gasteiger charge is 2.63.